The van der Waals surface area contributed by atoms with Crippen LogP contribution in [0.3, 0.4) is 0 Å². The Labute approximate surface area is 133 Å². The van der Waals surface area contributed by atoms with Crippen LogP contribution in [0.15, 0.2) is 18.2 Å². The zero-order valence-corrected chi connectivity index (χ0v) is 13.3. The first-order valence-corrected chi connectivity index (χ1v) is 7.43. The standard InChI is InChI=1S/C15H17Cl2NO3/c1-15(2,14(20)21)7-18-13(19)12-6-11(12)8-3-9(16)5-10(17)4-8/h3-5,11-12H,6-7H2,1-2H3,(H,18,19)(H,20,21). The Kier molecular flexibility index (Phi) is 4.49. The minimum Gasteiger partial charge on any atom is -0.481 e. The van der Waals surface area contributed by atoms with Crippen LogP contribution in [0, 0.1) is 11.3 Å². The Morgan fingerprint density at radius 1 is 1.29 bits per heavy atom. The SMILES string of the molecule is CC(C)(CNC(=O)C1CC1c1cc(Cl)cc(Cl)c1)C(=O)O. The van der Waals surface area contributed by atoms with Gasteiger partial charge >= 0.3 is 5.97 Å². The smallest absolute Gasteiger partial charge is 0.310 e. The van der Waals surface area contributed by atoms with Gasteiger partial charge < -0.3 is 10.4 Å². The molecular formula is C15H17Cl2NO3. The molecule has 0 heterocycles. The molecule has 2 rings (SSSR count). The number of benzene rings is 1. The number of halogens is 2. The van der Waals surface area contributed by atoms with Gasteiger partial charge in [-0.1, -0.05) is 23.2 Å². The van der Waals surface area contributed by atoms with Crippen LogP contribution in [0.25, 0.3) is 0 Å². The van der Waals surface area contributed by atoms with Crippen molar-refractivity contribution in [2.75, 3.05) is 6.54 Å². The predicted octanol–water partition coefficient (Wildman–Crippen LogP) is 3.32. The lowest BCUT2D eigenvalue weighted by atomic mass is 9.94. The molecule has 1 saturated carbocycles. The maximum absolute atomic E-state index is 12.1. The topological polar surface area (TPSA) is 66.4 Å². The van der Waals surface area contributed by atoms with E-state index in [1.807, 2.05) is 12.1 Å². The Balaban J connectivity index is 1.94. The van der Waals surface area contributed by atoms with Crippen LogP contribution in [-0.2, 0) is 9.59 Å². The number of rotatable bonds is 5. The molecule has 1 amide bonds. The van der Waals surface area contributed by atoms with Crippen LogP contribution in [0.5, 0.6) is 0 Å². The van der Waals surface area contributed by atoms with Gasteiger partial charge in [-0.2, -0.15) is 0 Å². The number of amides is 1. The van der Waals surface area contributed by atoms with Crippen LogP contribution < -0.4 is 5.32 Å². The summed E-state index contributed by atoms with van der Waals surface area (Å²) in [5.74, 6) is -1.08. The molecular weight excluding hydrogens is 313 g/mol. The summed E-state index contributed by atoms with van der Waals surface area (Å²) in [6.45, 7) is 3.27. The highest BCUT2D eigenvalue weighted by atomic mass is 35.5. The van der Waals surface area contributed by atoms with E-state index in [0.717, 1.165) is 12.0 Å². The lowest BCUT2D eigenvalue weighted by Crippen LogP contribution is -2.39. The Morgan fingerprint density at radius 2 is 1.86 bits per heavy atom. The molecule has 2 unspecified atom stereocenters. The number of carbonyl (C=O) groups excluding carboxylic acids is 1. The van der Waals surface area contributed by atoms with Gasteiger partial charge in [-0.25, -0.2) is 0 Å². The maximum atomic E-state index is 12.1. The summed E-state index contributed by atoms with van der Waals surface area (Å²) in [6, 6.07) is 5.28. The summed E-state index contributed by atoms with van der Waals surface area (Å²) < 4.78 is 0. The summed E-state index contributed by atoms with van der Waals surface area (Å²) in [5.41, 5.74) is -0.0236. The van der Waals surface area contributed by atoms with E-state index >= 15 is 0 Å². The number of carboxylic acid groups (broad SMARTS) is 1. The molecule has 0 radical (unpaired) electrons. The highest BCUT2D eigenvalue weighted by Crippen LogP contribution is 2.48. The van der Waals surface area contributed by atoms with Gasteiger partial charge in [-0.15, -0.1) is 0 Å². The molecule has 1 aliphatic carbocycles. The van der Waals surface area contributed by atoms with Crippen molar-refractivity contribution in [2.24, 2.45) is 11.3 Å². The summed E-state index contributed by atoms with van der Waals surface area (Å²) in [7, 11) is 0. The number of carbonyl (C=O) groups is 2. The number of hydrogen-bond acceptors (Lipinski definition) is 2. The van der Waals surface area contributed by atoms with Crippen LogP contribution in [-0.4, -0.2) is 23.5 Å². The van der Waals surface area contributed by atoms with E-state index in [4.69, 9.17) is 28.3 Å². The van der Waals surface area contributed by atoms with Crippen molar-refractivity contribution in [3.05, 3.63) is 33.8 Å². The average molecular weight is 330 g/mol. The van der Waals surface area contributed by atoms with E-state index in [1.165, 1.54) is 0 Å². The Bertz CT molecular complexity index is 566. The maximum Gasteiger partial charge on any atom is 0.310 e. The quantitative estimate of drug-likeness (QED) is 0.870. The van der Waals surface area contributed by atoms with E-state index in [1.54, 1.807) is 19.9 Å². The van der Waals surface area contributed by atoms with Gasteiger partial charge in [-0.3, -0.25) is 9.59 Å². The second kappa shape index (κ2) is 5.85. The molecule has 21 heavy (non-hydrogen) atoms. The molecule has 0 bridgehead atoms. The summed E-state index contributed by atoms with van der Waals surface area (Å²) >= 11 is 11.9. The first-order valence-electron chi connectivity index (χ1n) is 6.68. The highest BCUT2D eigenvalue weighted by molar-refractivity contribution is 6.34. The van der Waals surface area contributed by atoms with Gasteiger partial charge in [0.1, 0.15) is 0 Å². The summed E-state index contributed by atoms with van der Waals surface area (Å²) in [6.07, 6.45) is 0.732. The molecule has 2 atom stereocenters. The zero-order chi connectivity index (χ0) is 15.8. The second-order valence-electron chi connectivity index (χ2n) is 6.06. The van der Waals surface area contributed by atoms with E-state index in [9.17, 15) is 9.59 Å². The zero-order valence-electron chi connectivity index (χ0n) is 11.8. The fourth-order valence-corrected chi connectivity index (χ4v) is 2.70. The fraction of sp³-hybridized carbons (Fsp3) is 0.467. The van der Waals surface area contributed by atoms with Crippen LogP contribution in [0.2, 0.25) is 10.0 Å². The van der Waals surface area contributed by atoms with Gasteiger partial charge in [0, 0.05) is 22.5 Å². The number of hydrogen-bond donors (Lipinski definition) is 2. The van der Waals surface area contributed by atoms with Crippen molar-refractivity contribution in [3.8, 4) is 0 Å². The molecule has 1 aliphatic rings. The van der Waals surface area contributed by atoms with Crippen molar-refractivity contribution >= 4 is 35.1 Å². The van der Waals surface area contributed by atoms with Crippen molar-refractivity contribution in [1.29, 1.82) is 0 Å². The first kappa shape index (κ1) is 16.1. The van der Waals surface area contributed by atoms with Gasteiger partial charge in [0.25, 0.3) is 0 Å². The third-order valence-corrected chi connectivity index (χ3v) is 4.16. The van der Waals surface area contributed by atoms with E-state index in [2.05, 4.69) is 5.32 Å². The Morgan fingerprint density at radius 3 is 2.38 bits per heavy atom. The number of aliphatic carboxylic acids is 1. The lowest BCUT2D eigenvalue weighted by molar-refractivity contribution is -0.146. The minimum absolute atomic E-state index is 0.106. The fourth-order valence-electron chi connectivity index (χ4n) is 2.16. The van der Waals surface area contributed by atoms with Crippen LogP contribution in [0.4, 0.5) is 0 Å². The molecule has 1 aromatic rings. The van der Waals surface area contributed by atoms with Crippen molar-refractivity contribution in [1.82, 2.24) is 5.32 Å². The van der Waals surface area contributed by atoms with Crippen molar-refractivity contribution in [3.63, 3.8) is 0 Å². The van der Waals surface area contributed by atoms with E-state index in [0.29, 0.717) is 10.0 Å². The molecule has 1 fully saturated rings. The molecule has 0 spiro atoms. The second-order valence-corrected chi connectivity index (χ2v) is 6.93. The molecule has 0 aromatic heterocycles. The van der Waals surface area contributed by atoms with E-state index < -0.39 is 11.4 Å². The largest absolute Gasteiger partial charge is 0.481 e. The molecule has 6 heteroatoms. The predicted molar refractivity (Wildman–Crippen MR) is 81.7 cm³/mol. The molecule has 0 saturated heterocycles. The molecule has 2 N–H and O–H groups in total. The lowest BCUT2D eigenvalue weighted by Gasteiger charge is -2.19. The normalized spacial score (nSPS) is 21.0. The van der Waals surface area contributed by atoms with Crippen LogP contribution in [0.1, 0.15) is 31.7 Å². The molecule has 1 aromatic carbocycles. The number of nitrogens with one attached hydrogen (secondary N) is 1. The molecule has 0 aliphatic heterocycles. The van der Waals surface area contributed by atoms with Gasteiger partial charge in [0.15, 0.2) is 0 Å². The monoisotopic (exact) mass is 329 g/mol. The first-order chi connectivity index (χ1) is 9.70. The third-order valence-electron chi connectivity index (χ3n) is 3.72. The highest BCUT2D eigenvalue weighted by Gasteiger charge is 2.44. The summed E-state index contributed by atoms with van der Waals surface area (Å²) in [4.78, 5) is 23.1. The minimum atomic E-state index is -0.973. The van der Waals surface area contributed by atoms with Gasteiger partial charge in [0.05, 0.1) is 5.41 Å². The molecule has 114 valence electrons. The van der Waals surface area contributed by atoms with Crippen molar-refractivity contribution < 1.29 is 14.7 Å². The number of carboxylic acids is 1. The van der Waals surface area contributed by atoms with Crippen LogP contribution >= 0.6 is 23.2 Å². The molecule has 4 nitrogen and oxygen atoms in total. The average Bonchev–Trinajstić information content (AvgIpc) is 3.15. The third kappa shape index (κ3) is 3.89. The van der Waals surface area contributed by atoms with Crippen molar-refractivity contribution in [2.45, 2.75) is 26.2 Å². The van der Waals surface area contributed by atoms with Gasteiger partial charge in [0.2, 0.25) is 5.91 Å². The van der Waals surface area contributed by atoms with E-state index in [-0.39, 0.29) is 24.3 Å². The van der Waals surface area contributed by atoms with Gasteiger partial charge in [-0.05, 0) is 49.9 Å². The summed E-state index contributed by atoms with van der Waals surface area (Å²) in [5, 5.41) is 12.8. The Hall–Kier alpha value is -1.26.